The molecule has 1 aromatic heterocycles. The van der Waals surface area contributed by atoms with Gasteiger partial charge in [-0.05, 0) is 38.3 Å². The Kier molecular flexibility index (Phi) is 5.03. The van der Waals surface area contributed by atoms with Gasteiger partial charge in [-0.3, -0.25) is 4.79 Å². The van der Waals surface area contributed by atoms with E-state index in [4.69, 9.17) is 4.74 Å². The van der Waals surface area contributed by atoms with Crippen LogP contribution in [-0.4, -0.2) is 56.8 Å². The molecular formula is C21H26N4O3. The number of aliphatic hydroxyl groups is 1. The zero-order valence-electron chi connectivity index (χ0n) is 16.1. The topological polar surface area (TPSA) is 87.6 Å². The van der Waals surface area contributed by atoms with E-state index in [2.05, 4.69) is 15.3 Å². The van der Waals surface area contributed by atoms with Crippen LogP contribution in [0.3, 0.4) is 0 Å². The fraction of sp³-hybridized carbons (Fsp3) is 0.476. The summed E-state index contributed by atoms with van der Waals surface area (Å²) in [4.78, 5) is 23.2. The molecule has 2 aliphatic heterocycles. The number of hydrogen-bond donors (Lipinski definition) is 2. The summed E-state index contributed by atoms with van der Waals surface area (Å²) < 4.78 is 6.02. The van der Waals surface area contributed by atoms with Crippen molar-refractivity contribution in [2.75, 3.05) is 25.0 Å². The normalized spacial score (nSPS) is 24.1. The highest BCUT2D eigenvalue weighted by molar-refractivity contribution is 5.93. The molecule has 0 saturated carbocycles. The van der Waals surface area contributed by atoms with Crippen LogP contribution in [-0.2, 0) is 4.74 Å². The number of likely N-dealkylation sites (tertiary alicyclic amines) is 1. The molecule has 7 nitrogen and oxygen atoms in total. The van der Waals surface area contributed by atoms with Crippen molar-refractivity contribution >= 4 is 17.5 Å². The number of nitrogens with zero attached hydrogens (tertiary/aromatic N) is 3. The minimum Gasteiger partial charge on any atom is -0.390 e. The summed E-state index contributed by atoms with van der Waals surface area (Å²) in [5.74, 6) is 0.391. The van der Waals surface area contributed by atoms with Gasteiger partial charge in [0, 0.05) is 37.6 Å². The third-order valence-electron chi connectivity index (χ3n) is 5.64. The fourth-order valence-electron chi connectivity index (χ4n) is 4.10. The number of carbonyl (C=O) groups is 1. The van der Waals surface area contributed by atoms with E-state index in [0.29, 0.717) is 44.0 Å². The Morgan fingerprint density at radius 3 is 2.46 bits per heavy atom. The van der Waals surface area contributed by atoms with E-state index >= 15 is 0 Å². The number of aromatic nitrogens is 2. The zero-order valence-corrected chi connectivity index (χ0v) is 16.1. The number of piperidine rings is 1. The van der Waals surface area contributed by atoms with E-state index in [0.717, 1.165) is 18.5 Å². The Bertz CT molecular complexity index is 815. The SMILES string of the molecule is CC1(O)CCOC2(CCN(C(=O)c3cnc(Nc4ccccc4)nc3)CC2)C1. The molecule has 2 fully saturated rings. The van der Waals surface area contributed by atoms with Crippen LogP contribution in [0, 0.1) is 0 Å². The minimum atomic E-state index is -0.681. The Balaban J connectivity index is 1.36. The van der Waals surface area contributed by atoms with Gasteiger partial charge in [0.1, 0.15) is 0 Å². The summed E-state index contributed by atoms with van der Waals surface area (Å²) in [5.41, 5.74) is 0.385. The van der Waals surface area contributed by atoms with Gasteiger partial charge in [0.05, 0.1) is 23.4 Å². The molecule has 4 rings (SSSR count). The molecule has 1 spiro atoms. The highest BCUT2D eigenvalue weighted by Crippen LogP contribution is 2.39. The first-order valence-corrected chi connectivity index (χ1v) is 9.75. The van der Waals surface area contributed by atoms with Gasteiger partial charge in [-0.25, -0.2) is 9.97 Å². The molecule has 0 bridgehead atoms. The van der Waals surface area contributed by atoms with E-state index < -0.39 is 5.60 Å². The number of rotatable bonds is 3. The Hall–Kier alpha value is -2.51. The molecule has 1 amide bonds. The Morgan fingerprint density at radius 1 is 1.14 bits per heavy atom. The molecule has 2 aliphatic rings. The van der Waals surface area contributed by atoms with Crippen molar-refractivity contribution < 1.29 is 14.6 Å². The monoisotopic (exact) mass is 382 g/mol. The maximum atomic E-state index is 12.8. The number of ether oxygens (including phenoxy) is 1. The molecule has 28 heavy (non-hydrogen) atoms. The van der Waals surface area contributed by atoms with Gasteiger partial charge in [0.25, 0.3) is 5.91 Å². The Morgan fingerprint density at radius 2 is 1.82 bits per heavy atom. The molecule has 0 radical (unpaired) electrons. The van der Waals surface area contributed by atoms with Crippen molar-refractivity contribution in [2.24, 2.45) is 0 Å². The van der Waals surface area contributed by atoms with Crippen LogP contribution in [0.25, 0.3) is 0 Å². The number of para-hydroxylation sites is 1. The molecule has 148 valence electrons. The number of nitrogens with one attached hydrogen (secondary N) is 1. The summed E-state index contributed by atoms with van der Waals surface area (Å²) in [6, 6.07) is 9.65. The Labute approximate surface area is 164 Å². The third-order valence-corrected chi connectivity index (χ3v) is 5.64. The second-order valence-corrected chi connectivity index (χ2v) is 8.03. The second kappa shape index (κ2) is 7.48. The smallest absolute Gasteiger partial charge is 0.256 e. The average molecular weight is 382 g/mol. The first kappa shape index (κ1) is 18.8. The van der Waals surface area contributed by atoms with Crippen molar-refractivity contribution in [1.29, 1.82) is 0 Å². The van der Waals surface area contributed by atoms with E-state index in [1.807, 2.05) is 42.2 Å². The van der Waals surface area contributed by atoms with Crippen LogP contribution < -0.4 is 5.32 Å². The molecule has 1 unspecified atom stereocenters. The van der Waals surface area contributed by atoms with Crippen molar-refractivity contribution in [2.45, 2.75) is 43.8 Å². The molecule has 3 heterocycles. The summed E-state index contributed by atoms with van der Waals surface area (Å²) >= 11 is 0. The number of hydrogen-bond acceptors (Lipinski definition) is 6. The largest absolute Gasteiger partial charge is 0.390 e. The average Bonchev–Trinajstić information content (AvgIpc) is 2.69. The molecule has 2 N–H and O–H groups in total. The quantitative estimate of drug-likeness (QED) is 0.849. The van der Waals surface area contributed by atoms with Gasteiger partial charge in [-0.2, -0.15) is 0 Å². The molecule has 1 atom stereocenters. The van der Waals surface area contributed by atoms with Crippen LogP contribution in [0.4, 0.5) is 11.6 Å². The van der Waals surface area contributed by atoms with Gasteiger partial charge in [0.15, 0.2) is 0 Å². The first-order chi connectivity index (χ1) is 13.4. The third kappa shape index (κ3) is 4.15. The lowest BCUT2D eigenvalue weighted by Crippen LogP contribution is -2.54. The maximum absolute atomic E-state index is 12.8. The standard InChI is InChI=1S/C21H26N4O3/c1-20(27)9-12-28-21(15-20)7-10-25(11-8-21)18(26)16-13-22-19(23-14-16)24-17-5-3-2-4-6-17/h2-6,13-14,27H,7-12,15H2,1H3,(H,22,23,24). The summed E-state index contributed by atoms with van der Waals surface area (Å²) in [7, 11) is 0. The van der Waals surface area contributed by atoms with Crippen LogP contribution in [0.15, 0.2) is 42.7 Å². The lowest BCUT2D eigenvalue weighted by atomic mass is 9.78. The molecule has 1 aromatic carbocycles. The fourth-order valence-corrected chi connectivity index (χ4v) is 4.10. The summed E-state index contributed by atoms with van der Waals surface area (Å²) in [6.07, 6.45) is 5.90. The van der Waals surface area contributed by atoms with Gasteiger partial charge in [-0.1, -0.05) is 18.2 Å². The predicted octanol–water partition coefficient (Wildman–Crippen LogP) is 2.76. The first-order valence-electron chi connectivity index (χ1n) is 9.75. The molecule has 2 saturated heterocycles. The van der Waals surface area contributed by atoms with Crippen LogP contribution >= 0.6 is 0 Å². The lowest BCUT2D eigenvalue weighted by Gasteiger charge is -2.48. The van der Waals surface area contributed by atoms with Gasteiger partial charge in [-0.15, -0.1) is 0 Å². The van der Waals surface area contributed by atoms with Gasteiger partial charge < -0.3 is 20.1 Å². The number of anilines is 2. The van der Waals surface area contributed by atoms with E-state index in [-0.39, 0.29) is 11.5 Å². The van der Waals surface area contributed by atoms with Crippen LogP contribution in [0.2, 0.25) is 0 Å². The maximum Gasteiger partial charge on any atom is 0.256 e. The van der Waals surface area contributed by atoms with Crippen LogP contribution in [0.5, 0.6) is 0 Å². The van der Waals surface area contributed by atoms with Crippen molar-refractivity contribution in [3.8, 4) is 0 Å². The van der Waals surface area contributed by atoms with Crippen molar-refractivity contribution in [3.63, 3.8) is 0 Å². The molecule has 2 aromatic rings. The second-order valence-electron chi connectivity index (χ2n) is 8.03. The molecular weight excluding hydrogens is 356 g/mol. The minimum absolute atomic E-state index is 0.0660. The van der Waals surface area contributed by atoms with Crippen molar-refractivity contribution in [3.05, 3.63) is 48.3 Å². The van der Waals surface area contributed by atoms with E-state index in [9.17, 15) is 9.90 Å². The highest BCUT2D eigenvalue weighted by atomic mass is 16.5. The predicted molar refractivity (Wildman–Crippen MR) is 105 cm³/mol. The highest BCUT2D eigenvalue weighted by Gasteiger charge is 2.45. The van der Waals surface area contributed by atoms with E-state index in [1.165, 1.54) is 0 Å². The lowest BCUT2D eigenvalue weighted by molar-refractivity contribution is -0.170. The van der Waals surface area contributed by atoms with Crippen molar-refractivity contribution in [1.82, 2.24) is 14.9 Å². The van der Waals surface area contributed by atoms with Crippen LogP contribution in [0.1, 0.15) is 43.0 Å². The van der Waals surface area contributed by atoms with E-state index in [1.54, 1.807) is 12.4 Å². The van der Waals surface area contributed by atoms with Gasteiger partial charge in [0.2, 0.25) is 5.95 Å². The summed E-state index contributed by atoms with van der Waals surface area (Å²) in [5, 5.41) is 13.5. The molecule has 7 heteroatoms. The molecule has 0 aliphatic carbocycles. The summed E-state index contributed by atoms with van der Waals surface area (Å²) in [6.45, 7) is 3.67. The van der Waals surface area contributed by atoms with Gasteiger partial charge >= 0.3 is 0 Å². The number of amides is 1. The number of benzene rings is 1. The zero-order chi connectivity index (χ0) is 19.6. The number of carbonyl (C=O) groups excluding carboxylic acids is 1.